The maximum absolute atomic E-state index is 12.5. The largest absolute Gasteiger partial charge is 0.377 e. The van der Waals surface area contributed by atoms with Gasteiger partial charge in [0.15, 0.2) is 0 Å². The second-order valence-electron chi connectivity index (χ2n) is 6.76. The van der Waals surface area contributed by atoms with Crippen molar-refractivity contribution < 1.29 is 9.53 Å². The molecule has 0 atom stereocenters. The van der Waals surface area contributed by atoms with Gasteiger partial charge in [0.25, 0.3) is 0 Å². The Balaban J connectivity index is 1.53. The zero-order chi connectivity index (χ0) is 17.8. The number of methoxy groups -OCH3 is 1. The van der Waals surface area contributed by atoms with E-state index >= 15 is 0 Å². The number of aryl methyl sites for hydroxylation is 3. The Morgan fingerprint density at radius 1 is 1.28 bits per heavy atom. The summed E-state index contributed by atoms with van der Waals surface area (Å²) >= 11 is 0. The topological polar surface area (TPSA) is 65.2 Å². The van der Waals surface area contributed by atoms with E-state index in [0.29, 0.717) is 25.6 Å². The van der Waals surface area contributed by atoms with Crippen molar-refractivity contribution in [2.45, 2.75) is 52.3 Å². The summed E-state index contributed by atoms with van der Waals surface area (Å²) in [5.41, 5.74) is 2.28. The maximum Gasteiger partial charge on any atom is 0.224 e. The van der Waals surface area contributed by atoms with Crippen LogP contribution in [0.25, 0.3) is 0 Å². The van der Waals surface area contributed by atoms with Gasteiger partial charge in [-0.15, -0.1) is 0 Å². The lowest BCUT2D eigenvalue weighted by Crippen LogP contribution is -2.39. The number of imidazole rings is 1. The predicted molar refractivity (Wildman–Crippen MR) is 94.1 cm³/mol. The fourth-order valence-corrected chi connectivity index (χ4v) is 3.56. The maximum atomic E-state index is 12.5. The average molecular weight is 345 g/mol. The zero-order valence-corrected chi connectivity index (χ0v) is 15.3. The van der Waals surface area contributed by atoms with E-state index in [1.165, 1.54) is 0 Å². The van der Waals surface area contributed by atoms with Gasteiger partial charge in [-0.05, 0) is 32.3 Å². The molecule has 3 heterocycles. The van der Waals surface area contributed by atoms with Gasteiger partial charge in [0, 0.05) is 57.3 Å². The van der Waals surface area contributed by atoms with Crippen LogP contribution in [0.4, 0.5) is 0 Å². The molecule has 1 amide bonds. The standard InChI is InChI=1S/C18H27N5O2/c1-14-10-20-22(12-14)9-6-18(24)21-7-4-16(5-8-21)23-15(2)11-19-17(23)13-25-3/h10-12,16H,4-9,13H2,1-3H3. The Hall–Kier alpha value is -2.15. The van der Waals surface area contributed by atoms with E-state index in [1.54, 1.807) is 7.11 Å². The molecular formula is C18H27N5O2. The highest BCUT2D eigenvalue weighted by atomic mass is 16.5. The Bertz CT molecular complexity index is 713. The van der Waals surface area contributed by atoms with Crippen LogP contribution in [0.15, 0.2) is 18.6 Å². The van der Waals surface area contributed by atoms with Crippen LogP contribution in [0.1, 0.15) is 42.4 Å². The van der Waals surface area contributed by atoms with Crippen LogP contribution in [0.2, 0.25) is 0 Å². The summed E-state index contributed by atoms with van der Waals surface area (Å²) < 4.78 is 9.37. The van der Waals surface area contributed by atoms with E-state index in [4.69, 9.17) is 4.74 Å². The van der Waals surface area contributed by atoms with E-state index in [1.807, 2.05) is 35.1 Å². The summed E-state index contributed by atoms with van der Waals surface area (Å²) in [5, 5.41) is 4.24. The third-order valence-corrected chi connectivity index (χ3v) is 4.83. The van der Waals surface area contributed by atoms with Crippen LogP contribution < -0.4 is 0 Å². The molecule has 7 nitrogen and oxygen atoms in total. The van der Waals surface area contributed by atoms with Gasteiger partial charge in [0.05, 0.1) is 6.20 Å². The molecule has 0 spiro atoms. The third-order valence-electron chi connectivity index (χ3n) is 4.83. The van der Waals surface area contributed by atoms with Gasteiger partial charge in [-0.1, -0.05) is 0 Å². The summed E-state index contributed by atoms with van der Waals surface area (Å²) in [6.07, 6.45) is 8.11. The lowest BCUT2D eigenvalue weighted by atomic mass is 10.0. The number of piperidine rings is 1. The predicted octanol–water partition coefficient (Wildman–Crippen LogP) is 2.10. The summed E-state index contributed by atoms with van der Waals surface area (Å²) in [6.45, 7) is 6.85. The highest BCUT2D eigenvalue weighted by Gasteiger charge is 2.25. The number of likely N-dealkylation sites (tertiary alicyclic amines) is 1. The van der Waals surface area contributed by atoms with Crippen molar-refractivity contribution >= 4 is 5.91 Å². The van der Waals surface area contributed by atoms with Crippen molar-refractivity contribution in [2.75, 3.05) is 20.2 Å². The molecule has 0 aliphatic carbocycles. The lowest BCUT2D eigenvalue weighted by molar-refractivity contribution is -0.132. The zero-order valence-electron chi connectivity index (χ0n) is 15.3. The Morgan fingerprint density at radius 3 is 2.68 bits per heavy atom. The lowest BCUT2D eigenvalue weighted by Gasteiger charge is -2.34. The summed E-state index contributed by atoms with van der Waals surface area (Å²) in [5.74, 6) is 1.19. The van der Waals surface area contributed by atoms with Crippen LogP contribution in [0.3, 0.4) is 0 Å². The Morgan fingerprint density at radius 2 is 2.04 bits per heavy atom. The second-order valence-corrected chi connectivity index (χ2v) is 6.76. The normalized spacial score (nSPS) is 15.7. The molecule has 0 saturated carbocycles. The first-order valence-corrected chi connectivity index (χ1v) is 8.87. The molecule has 1 saturated heterocycles. The number of carbonyl (C=O) groups excluding carboxylic acids is 1. The fourth-order valence-electron chi connectivity index (χ4n) is 3.56. The third kappa shape index (κ3) is 4.10. The van der Waals surface area contributed by atoms with E-state index in [0.717, 1.165) is 43.0 Å². The van der Waals surface area contributed by atoms with Crippen LogP contribution in [-0.2, 0) is 22.7 Å². The van der Waals surface area contributed by atoms with Gasteiger partial charge >= 0.3 is 0 Å². The van der Waals surface area contributed by atoms with Crippen LogP contribution >= 0.6 is 0 Å². The summed E-state index contributed by atoms with van der Waals surface area (Å²) in [6, 6.07) is 0.394. The highest BCUT2D eigenvalue weighted by molar-refractivity contribution is 5.76. The molecule has 3 rings (SSSR count). The molecule has 1 aliphatic rings. The minimum Gasteiger partial charge on any atom is -0.377 e. The number of nitrogens with zero attached hydrogens (tertiary/aromatic N) is 5. The molecule has 1 aliphatic heterocycles. The fraction of sp³-hybridized carbons (Fsp3) is 0.611. The molecular weight excluding hydrogens is 318 g/mol. The summed E-state index contributed by atoms with van der Waals surface area (Å²) in [7, 11) is 1.69. The van der Waals surface area contributed by atoms with E-state index in [-0.39, 0.29) is 5.91 Å². The van der Waals surface area contributed by atoms with Crippen molar-refractivity contribution in [2.24, 2.45) is 0 Å². The number of ether oxygens (including phenoxy) is 1. The molecule has 136 valence electrons. The van der Waals surface area contributed by atoms with Crippen molar-refractivity contribution in [3.63, 3.8) is 0 Å². The monoisotopic (exact) mass is 345 g/mol. The van der Waals surface area contributed by atoms with Crippen LogP contribution in [0.5, 0.6) is 0 Å². The molecule has 0 aromatic carbocycles. The van der Waals surface area contributed by atoms with Crippen molar-refractivity contribution in [3.8, 4) is 0 Å². The van der Waals surface area contributed by atoms with Crippen molar-refractivity contribution in [1.29, 1.82) is 0 Å². The molecule has 2 aromatic rings. The smallest absolute Gasteiger partial charge is 0.224 e. The molecule has 1 fully saturated rings. The minimum atomic E-state index is 0.214. The van der Waals surface area contributed by atoms with Gasteiger partial charge in [-0.3, -0.25) is 9.48 Å². The van der Waals surface area contributed by atoms with Crippen molar-refractivity contribution in [3.05, 3.63) is 35.7 Å². The van der Waals surface area contributed by atoms with Gasteiger partial charge in [0.2, 0.25) is 5.91 Å². The molecule has 0 N–H and O–H groups in total. The number of aromatic nitrogens is 4. The van der Waals surface area contributed by atoms with E-state index < -0.39 is 0 Å². The van der Waals surface area contributed by atoms with Gasteiger partial charge in [-0.25, -0.2) is 4.98 Å². The van der Waals surface area contributed by atoms with Crippen LogP contribution in [0, 0.1) is 13.8 Å². The molecule has 2 aromatic heterocycles. The molecule has 0 radical (unpaired) electrons. The van der Waals surface area contributed by atoms with Gasteiger partial charge in [-0.2, -0.15) is 5.10 Å². The first kappa shape index (κ1) is 17.7. The second kappa shape index (κ2) is 7.82. The Labute approximate surface area is 148 Å². The highest BCUT2D eigenvalue weighted by Crippen LogP contribution is 2.26. The quantitative estimate of drug-likeness (QED) is 0.804. The average Bonchev–Trinajstić information content (AvgIpc) is 3.19. The van der Waals surface area contributed by atoms with Crippen molar-refractivity contribution in [1.82, 2.24) is 24.2 Å². The minimum absolute atomic E-state index is 0.214. The number of amides is 1. The molecule has 0 bridgehead atoms. The van der Waals surface area contributed by atoms with E-state index in [2.05, 4.69) is 21.6 Å². The first-order valence-electron chi connectivity index (χ1n) is 8.87. The molecule has 0 unspecified atom stereocenters. The number of hydrogen-bond acceptors (Lipinski definition) is 4. The van der Waals surface area contributed by atoms with Gasteiger partial charge < -0.3 is 14.2 Å². The van der Waals surface area contributed by atoms with Crippen LogP contribution in [-0.4, -0.2) is 50.3 Å². The number of carbonyl (C=O) groups is 1. The molecule has 25 heavy (non-hydrogen) atoms. The number of rotatable bonds is 6. The van der Waals surface area contributed by atoms with Gasteiger partial charge in [0.1, 0.15) is 12.4 Å². The summed E-state index contributed by atoms with van der Waals surface area (Å²) in [4.78, 5) is 18.9. The number of hydrogen-bond donors (Lipinski definition) is 0. The Kier molecular flexibility index (Phi) is 5.53. The van der Waals surface area contributed by atoms with E-state index in [9.17, 15) is 4.79 Å². The SMILES string of the molecule is COCc1ncc(C)n1C1CCN(C(=O)CCn2cc(C)cn2)CC1. The first-order chi connectivity index (χ1) is 12.1. The molecule has 7 heteroatoms.